The van der Waals surface area contributed by atoms with E-state index in [4.69, 9.17) is 9.47 Å². The van der Waals surface area contributed by atoms with Crippen molar-refractivity contribution in [1.29, 1.82) is 0 Å². The first-order valence-electron chi connectivity index (χ1n) is 14.2. The highest BCUT2D eigenvalue weighted by atomic mass is 32.2. The third-order valence-electron chi connectivity index (χ3n) is 9.84. The molecule has 2 saturated carbocycles. The van der Waals surface area contributed by atoms with Crippen molar-refractivity contribution in [2.75, 3.05) is 33.9 Å². The topological polar surface area (TPSA) is 109 Å². The van der Waals surface area contributed by atoms with Crippen LogP contribution < -0.4 is 14.3 Å². The van der Waals surface area contributed by atoms with Gasteiger partial charge in [-0.1, -0.05) is 17.4 Å². The zero-order valence-corrected chi connectivity index (χ0v) is 24.2. The minimum atomic E-state index is -0.357. The molecule has 11 heteroatoms. The van der Waals surface area contributed by atoms with Crippen LogP contribution in [0, 0.1) is 29.6 Å². The van der Waals surface area contributed by atoms with E-state index in [-0.39, 0.29) is 76.3 Å². The zero-order chi connectivity index (χ0) is 27.7. The van der Waals surface area contributed by atoms with Crippen molar-refractivity contribution in [3.8, 4) is 11.5 Å². The third kappa shape index (κ3) is 3.87. The molecule has 4 heterocycles. The van der Waals surface area contributed by atoms with E-state index in [2.05, 4.69) is 4.98 Å². The molecule has 7 atom stereocenters. The number of methoxy groups -OCH3 is 2. The highest BCUT2D eigenvalue weighted by Crippen LogP contribution is 2.68. The number of hydrogen-bond donors (Lipinski definition) is 1. The van der Waals surface area contributed by atoms with E-state index >= 15 is 0 Å². The Morgan fingerprint density at radius 3 is 2.45 bits per heavy atom. The summed E-state index contributed by atoms with van der Waals surface area (Å²) in [7, 11) is 3.21. The van der Waals surface area contributed by atoms with Crippen LogP contribution in [0.15, 0.2) is 28.0 Å². The highest BCUT2D eigenvalue weighted by Gasteiger charge is 2.69. The Labute approximate surface area is 240 Å². The molecule has 9 nitrogen and oxygen atoms in total. The number of ether oxygens (including phenoxy) is 2. The summed E-state index contributed by atoms with van der Waals surface area (Å²) < 4.78 is 11.1. The number of aromatic nitrogens is 1. The van der Waals surface area contributed by atoms with Gasteiger partial charge in [-0.3, -0.25) is 24.1 Å². The van der Waals surface area contributed by atoms with Crippen molar-refractivity contribution in [3.63, 3.8) is 0 Å². The fraction of sp³-hybridized carbons (Fsp3) is 0.586. The first-order chi connectivity index (χ1) is 19.4. The largest absolute Gasteiger partial charge is 0.493 e. The molecule has 212 valence electrons. The van der Waals surface area contributed by atoms with Gasteiger partial charge in [0.1, 0.15) is 0 Å². The number of likely N-dealkylation sites (tertiary alicyclic amines) is 2. The molecule has 1 N–H and O–H groups in total. The lowest BCUT2D eigenvalue weighted by Crippen LogP contribution is -2.42. The molecule has 1 aromatic carbocycles. The lowest BCUT2D eigenvalue weighted by atomic mass is 9.68. The van der Waals surface area contributed by atoms with Crippen molar-refractivity contribution in [2.45, 2.75) is 48.3 Å². The summed E-state index contributed by atoms with van der Waals surface area (Å²) in [4.78, 5) is 60.0. The number of imide groups is 1. The predicted molar refractivity (Wildman–Crippen MR) is 150 cm³/mol. The predicted octanol–water partition coefficient (Wildman–Crippen LogP) is 3.33. The molecule has 3 aliphatic heterocycles. The van der Waals surface area contributed by atoms with E-state index < -0.39 is 0 Å². The van der Waals surface area contributed by atoms with Crippen LogP contribution in [-0.4, -0.2) is 71.6 Å². The van der Waals surface area contributed by atoms with Gasteiger partial charge in [-0.05, 0) is 61.1 Å². The number of amides is 3. The average molecular weight is 584 g/mol. The van der Waals surface area contributed by atoms with E-state index in [1.54, 1.807) is 26.0 Å². The standard InChI is InChI=1S/C29H33N3O6S2/c1-37-17-7-6-14(12-18(17)38-2)20-21-15-13-16(24(21)39-26-25(20)40-29(36)30-26)23-22(15)27(34)32(28(23)35)11-8-19(33)31-9-4-3-5-10-31/h6-7,12,15-16,20-24H,3-5,8-11,13H2,1-2H3,(H,30,36). The van der Waals surface area contributed by atoms with Crippen molar-refractivity contribution in [1.82, 2.24) is 14.8 Å². The summed E-state index contributed by atoms with van der Waals surface area (Å²) in [6.45, 7) is 1.70. The first kappa shape index (κ1) is 26.1. The molecule has 5 aliphatic rings. The smallest absolute Gasteiger partial charge is 0.305 e. The van der Waals surface area contributed by atoms with Crippen LogP contribution in [-0.2, 0) is 14.4 Å². The van der Waals surface area contributed by atoms with Crippen LogP contribution in [0.2, 0.25) is 0 Å². The van der Waals surface area contributed by atoms with Crippen LogP contribution in [0.1, 0.15) is 48.5 Å². The van der Waals surface area contributed by atoms with Crippen LogP contribution in [0.4, 0.5) is 0 Å². The fourth-order valence-electron chi connectivity index (χ4n) is 8.23. The number of hydrogen-bond acceptors (Lipinski definition) is 8. The number of rotatable bonds is 6. The third-order valence-corrected chi connectivity index (χ3v) is 12.4. The normalized spacial score (nSPS) is 32.2. The number of aromatic amines is 1. The number of carbonyl (C=O) groups is 3. The fourth-order valence-corrected chi connectivity index (χ4v) is 11.1. The lowest BCUT2D eigenvalue weighted by Gasteiger charge is -2.43. The number of piperidine rings is 1. The number of thioether (sulfide) groups is 1. The molecule has 4 fully saturated rings. The van der Waals surface area contributed by atoms with Gasteiger partial charge in [0.2, 0.25) is 17.7 Å². The summed E-state index contributed by atoms with van der Waals surface area (Å²) in [6, 6.07) is 5.89. The molecule has 0 spiro atoms. The van der Waals surface area contributed by atoms with Crippen LogP contribution in [0.3, 0.4) is 0 Å². The Hall–Kier alpha value is -2.79. The van der Waals surface area contributed by atoms with E-state index in [1.807, 2.05) is 23.1 Å². The quantitative estimate of drug-likeness (QED) is 0.520. The Morgan fingerprint density at radius 1 is 1.00 bits per heavy atom. The van der Waals surface area contributed by atoms with E-state index in [0.29, 0.717) is 11.5 Å². The van der Waals surface area contributed by atoms with Crippen molar-refractivity contribution in [3.05, 3.63) is 38.3 Å². The molecule has 1 aromatic heterocycles. The lowest BCUT2D eigenvalue weighted by molar-refractivity contribution is -0.141. The number of H-pyrrole nitrogens is 1. The van der Waals surface area contributed by atoms with E-state index in [9.17, 15) is 19.2 Å². The monoisotopic (exact) mass is 583 g/mol. The molecular weight excluding hydrogens is 550 g/mol. The average Bonchev–Trinajstić information content (AvgIpc) is 3.71. The van der Waals surface area contributed by atoms with Gasteiger partial charge >= 0.3 is 4.87 Å². The van der Waals surface area contributed by atoms with E-state index in [0.717, 1.165) is 54.2 Å². The van der Waals surface area contributed by atoms with Crippen LogP contribution in [0.25, 0.3) is 0 Å². The Balaban J connectivity index is 1.19. The van der Waals surface area contributed by atoms with Crippen molar-refractivity contribution < 1.29 is 23.9 Å². The molecule has 3 amide bonds. The van der Waals surface area contributed by atoms with Gasteiger partial charge in [-0.2, -0.15) is 0 Å². The van der Waals surface area contributed by atoms with Crippen molar-refractivity contribution in [2.24, 2.45) is 29.6 Å². The van der Waals surface area contributed by atoms with Gasteiger partial charge < -0.3 is 19.4 Å². The molecule has 7 rings (SSSR count). The molecular formula is C29H33N3O6S2. The summed E-state index contributed by atoms with van der Waals surface area (Å²) in [5.41, 5.74) is 1.02. The molecule has 2 aliphatic carbocycles. The number of nitrogens with one attached hydrogen (secondary N) is 1. The molecule has 2 saturated heterocycles. The van der Waals surface area contributed by atoms with Gasteiger partial charge in [0.15, 0.2) is 11.5 Å². The summed E-state index contributed by atoms with van der Waals surface area (Å²) in [6.07, 6.45) is 4.20. The number of fused-ring (bicyclic) bond motifs is 9. The Bertz CT molecular complexity index is 1430. The van der Waals surface area contributed by atoms with Gasteiger partial charge in [-0.25, -0.2) is 0 Å². The molecule has 40 heavy (non-hydrogen) atoms. The minimum Gasteiger partial charge on any atom is -0.493 e. The summed E-state index contributed by atoms with van der Waals surface area (Å²) in [5.74, 6) is 0.491. The SMILES string of the molecule is COc1ccc(C2c3sc(=O)[nH]c3SC3C4CC(C5C(=O)N(CCC(=O)N6CCCCC6)C(=O)C45)C23)cc1OC. The van der Waals surface area contributed by atoms with Crippen molar-refractivity contribution >= 4 is 40.8 Å². The number of nitrogens with zero attached hydrogens (tertiary/aromatic N) is 2. The maximum atomic E-state index is 13.8. The van der Waals surface area contributed by atoms with Gasteiger partial charge in [-0.15, -0.1) is 11.8 Å². The molecule has 7 unspecified atom stereocenters. The summed E-state index contributed by atoms with van der Waals surface area (Å²) in [5, 5.41) is 0.995. The second-order valence-corrected chi connectivity index (χ2v) is 13.8. The molecule has 2 bridgehead atoms. The van der Waals surface area contributed by atoms with Gasteiger partial charge in [0, 0.05) is 42.1 Å². The second-order valence-electron chi connectivity index (χ2n) is 11.6. The molecule has 0 radical (unpaired) electrons. The molecule has 2 aromatic rings. The number of benzene rings is 1. The Morgan fingerprint density at radius 2 is 1.73 bits per heavy atom. The first-order valence-corrected chi connectivity index (χ1v) is 15.9. The second kappa shape index (κ2) is 9.94. The minimum absolute atomic E-state index is 0.0338. The number of thiazole rings is 1. The maximum Gasteiger partial charge on any atom is 0.305 e. The van der Waals surface area contributed by atoms with Crippen LogP contribution in [0.5, 0.6) is 11.5 Å². The summed E-state index contributed by atoms with van der Waals surface area (Å²) >= 11 is 2.91. The maximum absolute atomic E-state index is 13.8. The van der Waals surface area contributed by atoms with Gasteiger partial charge in [0.25, 0.3) is 0 Å². The van der Waals surface area contributed by atoms with E-state index in [1.165, 1.54) is 16.2 Å². The van der Waals surface area contributed by atoms with Gasteiger partial charge in [0.05, 0.1) is 31.1 Å². The highest BCUT2D eigenvalue weighted by molar-refractivity contribution is 8.00. The number of carbonyl (C=O) groups excluding carboxylic acids is 3. The zero-order valence-electron chi connectivity index (χ0n) is 22.6. The van der Waals surface area contributed by atoms with Crippen LogP contribution >= 0.6 is 23.1 Å². The Kier molecular flexibility index (Phi) is 6.49.